The smallest absolute Gasteiger partial charge is 0.407 e. The first-order chi connectivity index (χ1) is 7.42. The molecule has 0 aliphatic heterocycles. The molecular weight excluding hydrogens is 244 g/mol. The van der Waals surface area contributed by atoms with E-state index in [1.807, 2.05) is 0 Å². The van der Waals surface area contributed by atoms with E-state index in [1.54, 1.807) is 27.7 Å². The van der Waals surface area contributed by atoms with Crippen LogP contribution in [0.5, 0.6) is 0 Å². The van der Waals surface area contributed by atoms with Crippen LogP contribution in [0.15, 0.2) is 0 Å². The third kappa shape index (κ3) is 7.98. The molecule has 6 nitrogen and oxygen atoms in total. The van der Waals surface area contributed by atoms with E-state index >= 15 is 0 Å². The summed E-state index contributed by atoms with van der Waals surface area (Å²) in [6.07, 6.45) is 0.569. The normalized spacial score (nSPS) is 14.5. The van der Waals surface area contributed by atoms with Crippen LogP contribution in [0.25, 0.3) is 0 Å². The molecule has 0 aliphatic rings. The summed E-state index contributed by atoms with van der Waals surface area (Å²) in [5.41, 5.74) is -0.563. The van der Waals surface area contributed by atoms with Crippen molar-refractivity contribution in [2.75, 3.05) is 19.8 Å². The molecule has 7 heteroatoms. The number of nitrogens with zero attached hydrogens (tertiary/aromatic N) is 1. The van der Waals surface area contributed by atoms with Gasteiger partial charge in [-0.3, -0.25) is 0 Å². The molecule has 0 aromatic rings. The molecule has 1 amide bonds. The van der Waals surface area contributed by atoms with Crippen LogP contribution in [0.2, 0.25) is 0 Å². The Morgan fingerprint density at radius 3 is 2.24 bits per heavy atom. The van der Waals surface area contributed by atoms with Gasteiger partial charge in [-0.2, -0.15) is 0 Å². The van der Waals surface area contributed by atoms with Crippen LogP contribution < -0.4 is 5.32 Å². The Labute approximate surface area is 103 Å². The van der Waals surface area contributed by atoms with E-state index in [9.17, 15) is 13.2 Å². The monoisotopic (exact) mass is 266 g/mol. The van der Waals surface area contributed by atoms with Crippen molar-refractivity contribution in [1.29, 1.82) is 0 Å². The van der Waals surface area contributed by atoms with Crippen LogP contribution >= 0.6 is 0 Å². The van der Waals surface area contributed by atoms with Gasteiger partial charge >= 0.3 is 6.09 Å². The lowest BCUT2D eigenvalue weighted by Gasteiger charge is -2.23. The lowest BCUT2D eigenvalue weighted by Crippen LogP contribution is -2.44. The average Bonchev–Trinajstić information content (AvgIpc) is 1.96. The Morgan fingerprint density at radius 2 is 1.88 bits per heavy atom. The Bertz CT molecular complexity index is 359. The summed E-state index contributed by atoms with van der Waals surface area (Å²) in [6, 6.07) is -0.315. The summed E-state index contributed by atoms with van der Waals surface area (Å²) in [6.45, 7) is 7.21. The number of likely N-dealkylation sites (N-methyl/N-ethyl adjacent to an activating group) is 1. The molecule has 0 spiro atoms. The summed E-state index contributed by atoms with van der Waals surface area (Å²) < 4.78 is 28.6. The molecule has 0 fully saturated rings. The maximum Gasteiger partial charge on any atom is 0.407 e. The van der Waals surface area contributed by atoms with Gasteiger partial charge in [0, 0.05) is 19.6 Å². The zero-order chi connectivity index (χ0) is 13.9. The third-order valence-electron chi connectivity index (χ3n) is 1.86. The molecule has 1 N–H and O–H groups in total. The number of amides is 1. The van der Waals surface area contributed by atoms with Crippen molar-refractivity contribution in [1.82, 2.24) is 9.62 Å². The molecule has 0 aliphatic carbocycles. The van der Waals surface area contributed by atoms with E-state index in [0.29, 0.717) is 0 Å². The van der Waals surface area contributed by atoms with Gasteiger partial charge in [-0.15, -0.1) is 0 Å². The minimum Gasteiger partial charge on any atom is -0.444 e. The fourth-order valence-corrected chi connectivity index (χ4v) is 1.57. The number of alkyl carbamates (subject to hydrolysis) is 1. The Morgan fingerprint density at radius 1 is 1.41 bits per heavy atom. The third-order valence-corrected chi connectivity index (χ3v) is 3.14. The molecular formula is C10H22N2O4S. The molecule has 1 atom stereocenters. The van der Waals surface area contributed by atoms with Crippen LogP contribution in [0.3, 0.4) is 0 Å². The molecule has 0 unspecified atom stereocenters. The van der Waals surface area contributed by atoms with Gasteiger partial charge in [0.2, 0.25) is 10.0 Å². The summed E-state index contributed by atoms with van der Waals surface area (Å²) in [5, 5.41) is 2.57. The maximum atomic E-state index is 11.4. The predicted octanol–water partition coefficient (Wildman–Crippen LogP) is 0.791. The van der Waals surface area contributed by atoms with Crippen molar-refractivity contribution < 1.29 is 17.9 Å². The average molecular weight is 266 g/mol. The number of nitrogens with one attached hydrogen (secondary N) is 1. The summed E-state index contributed by atoms with van der Waals surface area (Å²) in [4.78, 5) is 11.4. The fourth-order valence-electron chi connectivity index (χ4n) is 1.08. The van der Waals surface area contributed by atoms with Crippen LogP contribution in [0.4, 0.5) is 4.79 Å². The minimum absolute atomic E-state index is 0.206. The second-order valence-electron chi connectivity index (χ2n) is 5.09. The molecule has 0 aromatic carbocycles. The second kappa shape index (κ2) is 5.68. The second-order valence-corrected chi connectivity index (χ2v) is 7.18. The number of hydrogen-bond donors (Lipinski definition) is 1. The van der Waals surface area contributed by atoms with Crippen molar-refractivity contribution in [2.45, 2.75) is 39.3 Å². The number of hydrogen-bond acceptors (Lipinski definition) is 4. The highest BCUT2D eigenvalue weighted by Crippen LogP contribution is 2.07. The highest BCUT2D eigenvalue weighted by Gasteiger charge is 2.20. The number of sulfonamides is 1. The van der Waals surface area contributed by atoms with E-state index in [2.05, 4.69) is 5.32 Å². The van der Waals surface area contributed by atoms with E-state index in [0.717, 1.165) is 6.26 Å². The van der Waals surface area contributed by atoms with Crippen LogP contribution in [0.1, 0.15) is 27.7 Å². The molecule has 0 radical (unpaired) electrons. The Hall–Kier alpha value is -0.820. The topological polar surface area (TPSA) is 75.7 Å². The fraction of sp³-hybridized carbons (Fsp3) is 0.900. The van der Waals surface area contributed by atoms with Crippen LogP contribution in [-0.2, 0) is 14.8 Å². The summed E-state index contributed by atoms with van der Waals surface area (Å²) in [7, 11) is -1.77. The molecule has 0 saturated carbocycles. The van der Waals surface area contributed by atoms with Gasteiger partial charge in [0.05, 0.1) is 6.26 Å². The van der Waals surface area contributed by atoms with Crippen molar-refractivity contribution in [3.8, 4) is 0 Å². The van der Waals surface area contributed by atoms with Crippen molar-refractivity contribution >= 4 is 16.1 Å². The van der Waals surface area contributed by atoms with E-state index in [1.165, 1.54) is 11.4 Å². The largest absolute Gasteiger partial charge is 0.444 e. The van der Waals surface area contributed by atoms with Gasteiger partial charge < -0.3 is 10.1 Å². The lowest BCUT2D eigenvalue weighted by atomic mass is 10.2. The van der Waals surface area contributed by atoms with Crippen LogP contribution in [-0.4, -0.2) is 50.3 Å². The highest BCUT2D eigenvalue weighted by molar-refractivity contribution is 7.88. The highest BCUT2D eigenvalue weighted by atomic mass is 32.2. The number of carbonyl (C=O) groups excluding carboxylic acids is 1. The molecule has 0 aromatic heterocycles. The summed E-state index contributed by atoms with van der Waals surface area (Å²) in [5.74, 6) is 0. The number of ether oxygens (including phenoxy) is 1. The van der Waals surface area contributed by atoms with Gasteiger partial charge in [0.15, 0.2) is 0 Å². The molecule has 0 rings (SSSR count). The van der Waals surface area contributed by atoms with Gasteiger partial charge in [-0.25, -0.2) is 17.5 Å². The first-order valence-electron chi connectivity index (χ1n) is 5.32. The van der Waals surface area contributed by atoms with Gasteiger partial charge in [0.25, 0.3) is 0 Å². The van der Waals surface area contributed by atoms with E-state index < -0.39 is 21.7 Å². The van der Waals surface area contributed by atoms with Crippen molar-refractivity contribution in [2.24, 2.45) is 0 Å². The first kappa shape index (κ1) is 16.2. The van der Waals surface area contributed by atoms with Gasteiger partial charge in [-0.1, -0.05) is 0 Å². The maximum absolute atomic E-state index is 11.4. The minimum atomic E-state index is -3.23. The predicted molar refractivity (Wildman–Crippen MR) is 66.3 cm³/mol. The first-order valence-corrected chi connectivity index (χ1v) is 7.17. The Kier molecular flexibility index (Phi) is 5.41. The van der Waals surface area contributed by atoms with Crippen LogP contribution in [0, 0.1) is 0 Å². The van der Waals surface area contributed by atoms with Gasteiger partial charge in [-0.05, 0) is 27.7 Å². The molecule has 0 saturated heterocycles. The summed E-state index contributed by atoms with van der Waals surface area (Å²) >= 11 is 0. The van der Waals surface area contributed by atoms with E-state index in [-0.39, 0.29) is 12.6 Å². The van der Waals surface area contributed by atoms with Gasteiger partial charge in [0.1, 0.15) is 5.60 Å². The Balaban J connectivity index is 4.20. The zero-order valence-electron chi connectivity index (χ0n) is 11.3. The molecule has 17 heavy (non-hydrogen) atoms. The molecule has 102 valence electrons. The lowest BCUT2D eigenvalue weighted by molar-refractivity contribution is 0.0504. The SMILES string of the molecule is C[C@H](CN(C)S(C)(=O)=O)NC(=O)OC(C)(C)C. The molecule has 0 heterocycles. The number of rotatable bonds is 4. The standard InChI is InChI=1S/C10H22N2O4S/c1-8(7-12(5)17(6,14)15)11-9(13)16-10(2,3)4/h8H,7H2,1-6H3,(H,11,13)/t8-/m1/s1. The zero-order valence-corrected chi connectivity index (χ0v) is 12.1. The van der Waals surface area contributed by atoms with Crippen molar-refractivity contribution in [3.05, 3.63) is 0 Å². The van der Waals surface area contributed by atoms with Crippen molar-refractivity contribution in [3.63, 3.8) is 0 Å². The molecule has 0 bridgehead atoms. The van der Waals surface area contributed by atoms with E-state index in [4.69, 9.17) is 4.74 Å². The number of carbonyl (C=O) groups is 1. The quantitative estimate of drug-likeness (QED) is 0.816.